The van der Waals surface area contributed by atoms with Crippen LogP contribution < -0.4 is 17.0 Å². The molecule has 0 spiro atoms. The van der Waals surface area contributed by atoms with E-state index in [2.05, 4.69) is 34.7 Å². The molecule has 2 unspecified atom stereocenters. The van der Waals surface area contributed by atoms with Crippen molar-refractivity contribution in [3.05, 3.63) is 0 Å². The fraction of sp³-hybridized carbons (Fsp3) is 0.947. The highest BCUT2D eigenvalue weighted by molar-refractivity contribution is 5.72. The molecule has 0 aromatic rings. The third-order valence-electron chi connectivity index (χ3n) is 6.48. The van der Waals surface area contributed by atoms with E-state index in [9.17, 15) is 4.79 Å². The number of ether oxygens (including phenoxy) is 1. The Hall–Kier alpha value is -0.0900. The van der Waals surface area contributed by atoms with E-state index >= 15 is 0 Å². The topological polar surface area (TPSA) is 26.3 Å². The van der Waals surface area contributed by atoms with Gasteiger partial charge in [-0.2, -0.15) is 0 Å². The third-order valence-corrected chi connectivity index (χ3v) is 6.48. The Morgan fingerprint density at radius 1 is 1.09 bits per heavy atom. The smallest absolute Gasteiger partial charge is 0.309 e. The lowest BCUT2D eigenvalue weighted by molar-refractivity contribution is -0.968. The lowest BCUT2D eigenvalue weighted by atomic mass is 9.94. The molecule has 23 heavy (non-hydrogen) atoms. The Labute approximate surface area is 153 Å². The van der Waals surface area contributed by atoms with Crippen LogP contribution in [0.3, 0.4) is 0 Å². The normalized spacial score (nSPS) is 32.9. The van der Waals surface area contributed by atoms with E-state index in [4.69, 9.17) is 4.74 Å². The van der Waals surface area contributed by atoms with Gasteiger partial charge in [0.2, 0.25) is 0 Å². The minimum absolute atomic E-state index is 0. The first-order chi connectivity index (χ1) is 10.4. The van der Waals surface area contributed by atoms with Crippen molar-refractivity contribution in [1.82, 2.24) is 0 Å². The summed E-state index contributed by atoms with van der Waals surface area (Å²) in [7, 11) is 2.42. The van der Waals surface area contributed by atoms with Crippen molar-refractivity contribution in [3.63, 3.8) is 0 Å². The van der Waals surface area contributed by atoms with Crippen molar-refractivity contribution in [3.8, 4) is 0 Å². The van der Waals surface area contributed by atoms with Gasteiger partial charge in [0.25, 0.3) is 0 Å². The second-order valence-electron chi connectivity index (χ2n) is 8.01. The molecule has 2 aliphatic heterocycles. The van der Waals surface area contributed by atoms with Crippen LogP contribution in [0.15, 0.2) is 0 Å². The van der Waals surface area contributed by atoms with Crippen molar-refractivity contribution >= 4 is 5.97 Å². The standard InChI is InChI=1S/C19H36NO2.BrH/c1-6-8-15(9-7-2)19(21)22-18-12-16-10-11-17(13-18)20(16,5)14(3)4;/h14-18H,6-13H2,1-5H3;1H/q+1;/p-1. The average molecular weight is 390 g/mol. The van der Waals surface area contributed by atoms with Crippen LogP contribution in [0.4, 0.5) is 0 Å². The van der Waals surface area contributed by atoms with E-state index in [-0.39, 0.29) is 35.0 Å². The van der Waals surface area contributed by atoms with Gasteiger partial charge in [0.05, 0.1) is 31.1 Å². The summed E-state index contributed by atoms with van der Waals surface area (Å²) in [6.07, 6.45) is 9.02. The summed E-state index contributed by atoms with van der Waals surface area (Å²) < 4.78 is 7.16. The quantitative estimate of drug-likeness (QED) is 0.484. The van der Waals surface area contributed by atoms with Crippen molar-refractivity contribution in [2.24, 2.45) is 5.92 Å². The molecule has 0 aromatic carbocycles. The molecule has 2 saturated heterocycles. The Morgan fingerprint density at radius 2 is 1.57 bits per heavy atom. The molecule has 0 amide bonds. The average Bonchev–Trinajstić information content (AvgIpc) is 2.65. The highest BCUT2D eigenvalue weighted by Gasteiger charge is 2.53. The van der Waals surface area contributed by atoms with Gasteiger partial charge in [0.15, 0.2) is 0 Å². The summed E-state index contributed by atoms with van der Waals surface area (Å²) in [5.41, 5.74) is 0. The highest BCUT2D eigenvalue weighted by atomic mass is 79.9. The largest absolute Gasteiger partial charge is 1.00 e. The Balaban J connectivity index is 0.00000264. The zero-order chi connectivity index (χ0) is 16.3. The number of nitrogens with zero attached hydrogens (tertiary/aromatic N) is 1. The highest BCUT2D eigenvalue weighted by Crippen LogP contribution is 2.44. The molecule has 2 bridgehead atoms. The zero-order valence-electron chi connectivity index (χ0n) is 15.7. The number of esters is 1. The molecule has 3 nitrogen and oxygen atoms in total. The van der Waals surface area contributed by atoms with Crippen molar-refractivity contribution in [1.29, 1.82) is 0 Å². The summed E-state index contributed by atoms with van der Waals surface area (Å²) in [5.74, 6) is 0.203. The minimum atomic E-state index is 0. The Morgan fingerprint density at radius 3 is 1.96 bits per heavy atom. The van der Waals surface area contributed by atoms with Crippen LogP contribution in [0.1, 0.15) is 79.1 Å². The molecule has 0 aliphatic carbocycles. The SMILES string of the molecule is CCCC(CCC)C(=O)OC1CC2CCC(C1)[N+]2(C)C(C)C.[Br-]. The lowest BCUT2D eigenvalue weighted by Crippen LogP contribution is -3.00. The van der Waals surface area contributed by atoms with Gasteiger partial charge < -0.3 is 26.2 Å². The monoisotopic (exact) mass is 389 g/mol. The van der Waals surface area contributed by atoms with Gasteiger partial charge in [-0.25, -0.2) is 0 Å². The van der Waals surface area contributed by atoms with E-state index in [0.29, 0.717) is 18.1 Å². The van der Waals surface area contributed by atoms with Gasteiger partial charge in [0, 0.05) is 25.7 Å². The lowest BCUT2D eigenvalue weighted by Gasteiger charge is -2.49. The fourth-order valence-electron chi connectivity index (χ4n) is 4.91. The number of fused-ring (bicyclic) bond motifs is 2. The van der Waals surface area contributed by atoms with Gasteiger partial charge in [-0.05, 0) is 26.7 Å². The minimum Gasteiger partial charge on any atom is -1.00 e. The van der Waals surface area contributed by atoms with Gasteiger partial charge >= 0.3 is 5.97 Å². The van der Waals surface area contributed by atoms with Crippen molar-refractivity contribution < 1.29 is 31.0 Å². The number of halogens is 1. The van der Waals surface area contributed by atoms with E-state index in [1.807, 2.05) is 0 Å². The van der Waals surface area contributed by atoms with Crippen LogP contribution in [-0.2, 0) is 9.53 Å². The van der Waals surface area contributed by atoms with E-state index < -0.39 is 0 Å². The maximum absolute atomic E-state index is 12.5. The molecule has 2 rings (SSSR count). The van der Waals surface area contributed by atoms with Crippen LogP contribution in [0.5, 0.6) is 0 Å². The number of carbonyl (C=O) groups excluding carboxylic acids is 1. The van der Waals surface area contributed by atoms with Gasteiger partial charge in [0.1, 0.15) is 6.10 Å². The number of quaternary nitrogens is 1. The Kier molecular flexibility index (Phi) is 8.06. The number of hydrogen-bond acceptors (Lipinski definition) is 2. The first-order valence-corrected chi connectivity index (χ1v) is 9.49. The Bertz CT molecular complexity index is 366. The predicted molar refractivity (Wildman–Crippen MR) is 90.6 cm³/mol. The van der Waals surface area contributed by atoms with E-state index in [0.717, 1.165) is 38.5 Å². The van der Waals surface area contributed by atoms with Gasteiger partial charge in [-0.1, -0.05) is 26.7 Å². The first-order valence-electron chi connectivity index (χ1n) is 9.49. The number of piperidine rings is 1. The number of carbonyl (C=O) groups is 1. The first kappa shape index (κ1) is 21.0. The molecule has 2 fully saturated rings. The number of hydrogen-bond donors (Lipinski definition) is 0. The van der Waals surface area contributed by atoms with E-state index in [1.165, 1.54) is 17.3 Å². The summed E-state index contributed by atoms with van der Waals surface area (Å²) >= 11 is 0. The zero-order valence-corrected chi connectivity index (χ0v) is 17.3. The molecule has 0 radical (unpaired) electrons. The molecular weight excluding hydrogens is 354 g/mol. The second kappa shape index (κ2) is 8.84. The maximum atomic E-state index is 12.5. The second-order valence-corrected chi connectivity index (χ2v) is 8.01. The van der Waals surface area contributed by atoms with Crippen LogP contribution in [0.2, 0.25) is 0 Å². The van der Waals surface area contributed by atoms with Gasteiger partial charge in [-0.15, -0.1) is 0 Å². The van der Waals surface area contributed by atoms with Crippen LogP contribution >= 0.6 is 0 Å². The molecule has 2 atom stereocenters. The van der Waals surface area contributed by atoms with Gasteiger partial charge in [-0.3, -0.25) is 4.79 Å². The van der Waals surface area contributed by atoms with Crippen LogP contribution in [0, 0.1) is 5.92 Å². The van der Waals surface area contributed by atoms with E-state index in [1.54, 1.807) is 0 Å². The molecule has 136 valence electrons. The summed E-state index contributed by atoms with van der Waals surface area (Å²) in [4.78, 5) is 12.5. The van der Waals surface area contributed by atoms with Crippen molar-refractivity contribution in [2.45, 2.75) is 103 Å². The maximum Gasteiger partial charge on any atom is 0.309 e. The molecule has 4 heteroatoms. The summed E-state index contributed by atoms with van der Waals surface area (Å²) in [6, 6.07) is 2.04. The summed E-state index contributed by atoms with van der Waals surface area (Å²) in [5, 5.41) is 0. The predicted octanol–water partition coefficient (Wildman–Crippen LogP) is 1.30. The molecule has 0 aromatic heterocycles. The van der Waals surface area contributed by atoms with Crippen LogP contribution in [-0.4, -0.2) is 41.7 Å². The molecule has 0 N–H and O–H groups in total. The van der Waals surface area contributed by atoms with Crippen molar-refractivity contribution in [2.75, 3.05) is 7.05 Å². The third kappa shape index (κ3) is 4.31. The molecule has 2 aliphatic rings. The molecule has 2 heterocycles. The van der Waals surface area contributed by atoms with Crippen LogP contribution in [0.25, 0.3) is 0 Å². The fourth-order valence-corrected chi connectivity index (χ4v) is 4.91. The summed E-state index contributed by atoms with van der Waals surface area (Å²) in [6.45, 7) is 9.00. The molecular formula is C19H36BrNO2. The molecule has 0 saturated carbocycles. The number of rotatable bonds is 7.